The van der Waals surface area contributed by atoms with Gasteiger partial charge in [-0.2, -0.15) is 5.10 Å². The van der Waals surface area contributed by atoms with Crippen LogP contribution in [0.15, 0.2) is 22.8 Å². The van der Waals surface area contributed by atoms with Crippen LogP contribution in [0.5, 0.6) is 5.88 Å². The molecule has 6 heteroatoms. The molecule has 0 saturated carbocycles. The highest BCUT2D eigenvalue weighted by molar-refractivity contribution is 5.30. The SMILES string of the molecule is COc1c(CNC[C@@H](c2ccco2)N2CCCC2)c(C)nn1C. The van der Waals surface area contributed by atoms with E-state index in [1.54, 1.807) is 18.1 Å². The van der Waals surface area contributed by atoms with Crippen molar-refractivity contribution in [3.63, 3.8) is 0 Å². The van der Waals surface area contributed by atoms with Gasteiger partial charge in [0.05, 0.1) is 30.7 Å². The number of ether oxygens (including phenoxy) is 1. The highest BCUT2D eigenvalue weighted by Gasteiger charge is 2.25. The third-order valence-electron chi connectivity index (χ3n) is 4.57. The highest BCUT2D eigenvalue weighted by Crippen LogP contribution is 2.26. The van der Waals surface area contributed by atoms with Gasteiger partial charge in [-0.1, -0.05) is 0 Å². The lowest BCUT2D eigenvalue weighted by Crippen LogP contribution is -2.33. The van der Waals surface area contributed by atoms with E-state index in [0.29, 0.717) is 0 Å². The molecule has 1 atom stereocenters. The van der Waals surface area contributed by atoms with Gasteiger partial charge in [-0.05, 0) is 45.0 Å². The van der Waals surface area contributed by atoms with Crippen LogP contribution < -0.4 is 10.1 Å². The first kappa shape index (κ1) is 16.1. The van der Waals surface area contributed by atoms with E-state index in [0.717, 1.165) is 49.1 Å². The second-order valence-corrected chi connectivity index (χ2v) is 6.10. The molecule has 2 aromatic rings. The van der Waals surface area contributed by atoms with Gasteiger partial charge in [-0.25, -0.2) is 4.68 Å². The summed E-state index contributed by atoms with van der Waals surface area (Å²) >= 11 is 0. The van der Waals surface area contributed by atoms with Crippen LogP contribution in [0.1, 0.15) is 35.9 Å². The summed E-state index contributed by atoms with van der Waals surface area (Å²) in [5, 5.41) is 7.99. The Bertz CT molecular complexity index is 615. The van der Waals surface area contributed by atoms with Crippen molar-refractivity contribution in [2.45, 2.75) is 32.4 Å². The van der Waals surface area contributed by atoms with Gasteiger partial charge in [0.15, 0.2) is 0 Å². The number of aromatic nitrogens is 2. The predicted molar refractivity (Wildman–Crippen MR) is 88.5 cm³/mol. The Balaban J connectivity index is 1.65. The molecule has 1 N–H and O–H groups in total. The minimum Gasteiger partial charge on any atom is -0.481 e. The van der Waals surface area contributed by atoms with Gasteiger partial charge in [-0.15, -0.1) is 0 Å². The van der Waals surface area contributed by atoms with Crippen molar-refractivity contribution in [2.75, 3.05) is 26.7 Å². The molecule has 0 radical (unpaired) electrons. The van der Waals surface area contributed by atoms with E-state index in [1.807, 2.05) is 20.0 Å². The molecule has 23 heavy (non-hydrogen) atoms. The van der Waals surface area contributed by atoms with Crippen LogP contribution in [0, 0.1) is 6.92 Å². The van der Waals surface area contributed by atoms with Crippen molar-refractivity contribution in [2.24, 2.45) is 7.05 Å². The van der Waals surface area contributed by atoms with E-state index in [-0.39, 0.29) is 6.04 Å². The number of likely N-dealkylation sites (tertiary alicyclic amines) is 1. The van der Waals surface area contributed by atoms with Gasteiger partial charge in [0.2, 0.25) is 5.88 Å². The topological polar surface area (TPSA) is 55.5 Å². The number of aryl methyl sites for hydroxylation is 2. The lowest BCUT2D eigenvalue weighted by Gasteiger charge is -2.26. The van der Waals surface area contributed by atoms with E-state index in [1.165, 1.54) is 12.8 Å². The number of methoxy groups -OCH3 is 1. The Hall–Kier alpha value is -1.79. The zero-order valence-electron chi connectivity index (χ0n) is 14.2. The number of nitrogens with one attached hydrogen (secondary N) is 1. The van der Waals surface area contributed by atoms with Crippen molar-refractivity contribution >= 4 is 0 Å². The largest absolute Gasteiger partial charge is 0.481 e. The van der Waals surface area contributed by atoms with Crippen LogP contribution in [0.2, 0.25) is 0 Å². The minimum absolute atomic E-state index is 0.287. The van der Waals surface area contributed by atoms with E-state index in [4.69, 9.17) is 9.15 Å². The summed E-state index contributed by atoms with van der Waals surface area (Å²) in [6.07, 6.45) is 4.30. The Morgan fingerprint density at radius 2 is 2.17 bits per heavy atom. The van der Waals surface area contributed by atoms with Gasteiger partial charge in [0, 0.05) is 20.1 Å². The van der Waals surface area contributed by atoms with Gasteiger partial charge in [0.1, 0.15) is 5.76 Å². The monoisotopic (exact) mass is 318 g/mol. The maximum absolute atomic E-state index is 5.66. The summed E-state index contributed by atoms with van der Waals surface area (Å²) in [5.74, 6) is 1.86. The molecule has 3 heterocycles. The minimum atomic E-state index is 0.287. The summed E-state index contributed by atoms with van der Waals surface area (Å²) in [4.78, 5) is 2.50. The summed E-state index contributed by atoms with van der Waals surface area (Å²) in [6, 6.07) is 4.32. The van der Waals surface area contributed by atoms with E-state index >= 15 is 0 Å². The Kier molecular flexibility index (Phi) is 5.03. The molecule has 1 saturated heterocycles. The number of rotatable bonds is 7. The first-order chi connectivity index (χ1) is 11.2. The third-order valence-corrected chi connectivity index (χ3v) is 4.57. The molecule has 126 valence electrons. The van der Waals surface area contributed by atoms with E-state index in [9.17, 15) is 0 Å². The van der Waals surface area contributed by atoms with E-state index < -0.39 is 0 Å². The number of nitrogens with zero attached hydrogens (tertiary/aromatic N) is 3. The lowest BCUT2D eigenvalue weighted by molar-refractivity contribution is 0.209. The molecule has 0 spiro atoms. The fourth-order valence-electron chi connectivity index (χ4n) is 3.42. The van der Waals surface area contributed by atoms with Gasteiger partial charge < -0.3 is 14.5 Å². The quantitative estimate of drug-likeness (QED) is 0.848. The normalized spacial score (nSPS) is 16.8. The van der Waals surface area contributed by atoms with Crippen LogP contribution in [0.4, 0.5) is 0 Å². The predicted octanol–water partition coefficient (Wildman–Crippen LogP) is 2.26. The summed E-state index contributed by atoms with van der Waals surface area (Å²) in [7, 11) is 3.60. The van der Waals surface area contributed by atoms with Crippen molar-refractivity contribution < 1.29 is 9.15 Å². The molecule has 2 aromatic heterocycles. The van der Waals surface area contributed by atoms with Crippen molar-refractivity contribution in [3.8, 4) is 5.88 Å². The zero-order chi connectivity index (χ0) is 16.2. The maximum atomic E-state index is 5.66. The molecule has 0 bridgehead atoms. The van der Waals surface area contributed by atoms with Crippen molar-refractivity contribution in [1.82, 2.24) is 20.0 Å². The van der Waals surface area contributed by atoms with Gasteiger partial charge in [-0.3, -0.25) is 4.90 Å². The van der Waals surface area contributed by atoms with Crippen molar-refractivity contribution in [1.29, 1.82) is 0 Å². The molecule has 1 aliphatic heterocycles. The standard InChI is InChI=1S/C17H26N4O2/c1-13-14(17(22-3)20(2)19-13)11-18-12-15(16-7-6-10-23-16)21-8-4-5-9-21/h6-7,10,15,18H,4-5,8-9,11-12H2,1-3H3/t15-/m0/s1. The zero-order valence-corrected chi connectivity index (χ0v) is 14.2. The molecule has 6 nitrogen and oxygen atoms in total. The van der Waals surface area contributed by atoms with Crippen LogP contribution in [-0.4, -0.2) is 41.4 Å². The first-order valence-corrected chi connectivity index (χ1v) is 8.25. The molecule has 0 unspecified atom stereocenters. The van der Waals surface area contributed by atoms with Crippen LogP contribution in [0.3, 0.4) is 0 Å². The molecular weight excluding hydrogens is 292 g/mol. The average molecular weight is 318 g/mol. The van der Waals surface area contributed by atoms with Gasteiger partial charge in [0.25, 0.3) is 0 Å². The van der Waals surface area contributed by atoms with Crippen LogP contribution in [0.25, 0.3) is 0 Å². The van der Waals surface area contributed by atoms with Gasteiger partial charge >= 0.3 is 0 Å². The molecule has 0 amide bonds. The second kappa shape index (κ2) is 7.19. The smallest absolute Gasteiger partial charge is 0.216 e. The number of furan rings is 1. The molecular formula is C17H26N4O2. The second-order valence-electron chi connectivity index (χ2n) is 6.10. The Morgan fingerprint density at radius 3 is 2.83 bits per heavy atom. The molecule has 1 fully saturated rings. The fraction of sp³-hybridized carbons (Fsp3) is 0.588. The number of hydrogen-bond donors (Lipinski definition) is 1. The van der Waals surface area contributed by atoms with Crippen molar-refractivity contribution in [3.05, 3.63) is 35.4 Å². The third kappa shape index (κ3) is 3.43. The van der Waals surface area contributed by atoms with Crippen LogP contribution >= 0.6 is 0 Å². The highest BCUT2D eigenvalue weighted by atomic mass is 16.5. The van der Waals surface area contributed by atoms with Crippen LogP contribution in [-0.2, 0) is 13.6 Å². The first-order valence-electron chi connectivity index (χ1n) is 8.25. The van der Waals surface area contributed by atoms with E-state index in [2.05, 4.69) is 21.4 Å². The fourth-order valence-corrected chi connectivity index (χ4v) is 3.42. The summed E-state index contributed by atoms with van der Waals surface area (Å²) in [6.45, 7) is 5.90. The number of hydrogen-bond acceptors (Lipinski definition) is 5. The Morgan fingerprint density at radius 1 is 1.39 bits per heavy atom. The molecule has 0 aromatic carbocycles. The molecule has 3 rings (SSSR count). The lowest BCUT2D eigenvalue weighted by atomic mass is 10.2. The Labute approximate surface area is 137 Å². The maximum Gasteiger partial charge on any atom is 0.216 e. The summed E-state index contributed by atoms with van der Waals surface area (Å²) in [5.41, 5.74) is 2.13. The summed E-state index contributed by atoms with van der Waals surface area (Å²) < 4.78 is 12.9. The molecule has 1 aliphatic rings. The molecule has 0 aliphatic carbocycles. The average Bonchev–Trinajstić information content (AvgIpc) is 3.26.